The third-order valence-corrected chi connectivity index (χ3v) is 10.1. The normalized spacial score (nSPS) is 23.9. The largest absolute Gasteiger partial charge is 0.342 e. The van der Waals surface area contributed by atoms with Crippen LogP contribution < -0.4 is 0 Å². The minimum Gasteiger partial charge on any atom is -0.342 e. The first-order valence-electron chi connectivity index (χ1n) is 13.8. The van der Waals surface area contributed by atoms with Gasteiger partial charge in [0.1, 0.15) is 0 Å². The van der Waals surface area contributed by atoms with E-state index in [4.69, 9.17) is 0 Å². The number of hydrogen-bond donors (Lipinski definition) is 0. The number of carbonyl (C=O) groups excluding carboxylic acids is 2. The van der Waals surface area contributed by atoms with Crippen LogP contribution in [-0.2, 0) is 26.0 Å². The molecule has 38 heavy (non-hydrogen) atoms. The Kier molecular flexibility index (Phi) is 7.65. The molecule has 0 bridgehead atoms. The molecule has 2 aromatic rings. The maximum Gasteiger partial charge on any atom is 0.229 e. The van der Waals surface area contributed by atoms with E-state index in [0.717, 1.165) is 64.1 Å². The number of amides is 2. The lowest BCUT2D eigenvalue weighted by Crippen LogP contribution is -2.46. The van der Waals surface area contributed by atoms with E-state index in [1.807, 2.05) is 34.9 Å². The standard InChI is InChI=1S/C30H39N3O4S/c1-3-28(34)33-21-25(27(22-33)24-7-5-4-6-8-24)20-31-16-13-30(14-17-31)15-18-32(29(30)35)19-23-9-11-26(12-10-23)38(2,36)37/h4-12,25,27H,3,13-22H2,1-2H3. The predicted molar refractivity (Wildman–Crippen MR) is 147 cm³/mol. The van der Waals surface area contributed by atoms with Crippen LogP contribution in [0.1, 0.15) is 49.7 Å². The van der Waals surface area contributed by atoms with Crippen LogP contribution in [0.25, 0.3) is 0 Å². The van der Waals surface area contributed by atoms with E-state index in [2.05, 4.69) is 29.2 Å². The van der Waals surface area contributed by atoms with Gasteiger partial charge >= 0.3 is 0 Å². The molecular weight excluding hydrogens is 498 g/mol. The van der Waals surface area contributed by atoms with Crippen molar-refractivity contribution in [3.63, 3.8) is 0 Å². The summed E-state index contributed by atoms with van der Waals surface area (Å²) in [4.78, 5) is 32.8. The second kappa shape index (κ2) is 10.8. The molecule has 3 heterocycles. The summed E-state index contributed by atoms with van der Waals surface area (Å²) in [6.07, 6.45) is 4.37. The van der Waals surface area contributed by atoms with Crippen LogP contribution in [0.2, 0.25) is 0 Å². The summed E-state index contributed by atoms with van der Waals surface area (Å²) in [5, 5.41) is 0. The molecule has 0 N–H and O–H groups in total. The lowest BCUT2D eigenvalue weighted by Gasteiger charge is -2.39. The van der Waals surface area contributed by atoms with Crippen molar-refractivity contribution in [3.05, 3.63) is 65.7 Å². The summed E-state index contributed by atoms with van der Waals surface area (Å²) in [5.74, 6) is 1.22. The Labute approximate surface area is 226 Å². The lowest BCUT2D eigenvalue weighted by atomic mass is 9.76. The third kappa shape index (κ3) is 5.52. The van der Waals surface area contributed by atoms with Gasteiger partial charge in [0.2, 0.25) is 11.8 Å². The van der Waals surface area contributed by atoms with Gasteiger partial charge in [-0.15, -0.1) is 0 Å². The van der Waals surface area contributed by atoms with Crippen molar-refractivity contribution in [2.45, 2.75) is 50.0 Å². The molecule has 2 unspecified atom stereocenters. The fourth-order valence-corrected chi connectivity index (χ4v) is 7.26. The number of benzene rings is 2. The summed E-state index contributed by atoms with van der Waals surface area (Å²) in [5.41, 5.74) is 1.99. The van der Waals surface area contributed by atoms with E-state index < -0.39 is 9.84 Å². The van der Waals surface area contributed by atoms with E-state index in [1.165, 1.54) is 11.8 Å². The second-order valence-corrected chi connectivity index (χ2v) is 13.4. The average Bonchev–Trinajstić information content (AvgIpc) is 3.47. The number of piperidine rings is 1. The van der Waals surface area contributed by atoms with Gasteiger partial charge in [-0.05, 0) is 61.5 Å². The molecule has 3 aliphatic rings. The molecule has 8 heteroatoms. The van der Waals surface area contributed by atoms with Crippen LogP contribution in [0.15, 0.2) is 59.5 Å². The quantitative estimate of drug-likeness (QED) is 0.540. The van der Waals surface area contributed by atoms with E-state index in [1.54, 1.807) is 12.1 Å². The monoisotopic (exact) mass is 537 g/mol. The van der Waals surface area contributed by atoms with Gasteiger partial charge in [-0.25, -0.2) is 8.42 Å². The molecule has 0 aromatic heterocycles. The third-order valence-electron chi connectivity index (χ3n) is 8.96. The van der Waals surface area contributed by atoms with Crippen molar-refractivity contribution in [1.82, 2.24) is 14.7 Å². The molecule has 2 aromatic carbocycles. The Morgan fingerprint density at radius 1 is 0.947 bits per heavy atom. The molecular formula is C30H39N3O4S. The van der Waals surface area contributed by atoms with Crippen LogP contribution in [0.4, 0.5) is 0 Å². The first kappa shape index (κ1) is 26.9. The Balaban J connectivity index is 1.19. The van der Waals surface area contributed by atoms with Gasteiger partial charge in [-0.1, -0.05) is 49.4 Å². The Hall–Kier alpha value is -2.71. The van der Waals surface area contributed by atoms with Crippen molar-refractivity contribution < 1.29 is 18.0 Å². The summed E-state index contributed by atoms with van der Waals surface area (Å²) in [6.45, 7) is 7.56. The van der Waals surface area contributed by atoms with Gasteiger partial charge in [0.25, 0.3) is 0 Å². The molecule has 1 spiro atoms. The van der Waals surface area contributed by atoms with Crippen LogP contribution in [0, 0.1) is 11.3 Å². The molecule has 3 aliphatic heterocycles. The Bertz CT molecular complexity index is 1250. The van der Waals surface area contributed by atoms with E-state index in [-0.39, 0.29) is 17.2 Å². The smallest absolute Gasteiger partial charge is 0.229 e. The summed E-state index contributed by atoms with van der Waals surface area (Å²) >= 11 is 0. The van der Waals surface area contributed by atoms with Crippen LogP contribution in [-0.4, -0.2) is 80.5 Å². The highest BCUT2D eigenvalue weighted by Gasteiger charge is 2.48. The van der Waals surface area contributed by atoms with Crippen molar-refractivity contribution in [2.75, 3.05) is 45.5 Å². The van der Waals surface area contributed by atoms with E-state index in [9.17, 15) is 18.0 Å². The first-order chi connectivity index (χ1) is 18.2. The molecule has 2 atom stereocenters. The highest BCUT2D eigenvalue weighted by Crippen LogP contribution is 2.43. The zero-order valence-electron chi connectivity index (χ0n) is 22.5. The van der Waals surface area contributed by atoms with E-state index in [0.29, 0.717) is 29.7 Å². The lowest BCUT2D eigenvalue weighted by molar-refractivity contribution is -0.139. The first-order valence-corrected chi connectivity index (χ1v) is 15.7. The highest BCUT2D eigenvalue weighted by atomic mass is 32.2. The Morgan fingerprint density at radius 2 is 1.61 bits per heavy atom. The van der Waals surface area contributed by atoms with Gasteiger partial charge < -0.3 is 14.7 Å². The van der Waals surface area contributed by atoms with Crippen LogP contribution >= 0.6 is 0 Å². The van der Waals surface area contributed by atoms with Crippen molar-refractivity contribution in [3.8, 4) is 0 Å². The molecule has 7 nitrogen and oxygen atoms in total. The SMILES string of the molecule is CCC(=O)N1CC(CN2CCC3(CC2)CCN(Cc2ccc(S(C)(=O)=O)cc2)C3=O)C(c2ccccc2)C1. The summed E-state index contributed by atoms with van der Waals surface area (Å²) < 4.78 is 23.5. The van der Waals surface area contributed by atoms with Gasteiger partial charge in [-0.2, -0.15) is 0 Å². The predicted octanol–water partition coefficient (Wildman–Crippen LogP) is 3.56. The fraction of sp³-hybridized carbons (Fsp3) is 0.533. The zero-order valence-corrected chi connectivity index (χ0v) is 23.3. The van der Waals surface area contributed by atoms with Crippen molar-refractivity contribution >= 4 is 21.7 Å². The van der Waals surface area contributed by atoms with Gasteiger partial charge in [0, 0.05) is 51.3 Å². The summed E-state index contributed by atoms with van der Waals surface area (Å²) in [7, 11) is -3.23. The Morgan fingerprint density at radius 3 is 2.24 bits per heavy atom. The topological polar surface area (TPSA) is 78.0 Å². The number of nitrogens with zero attached hydrogens (tertiary/aromatic N) is 3. The number of sulfone groups is 1. The molecule has 0 saturated carbocycles. The summed E-state index contributed by atoms with van der Waals surface area (Å²) in [6, 6.07) is 17.5. The zero-order chi connectivity index (χ0) is 26.9. The van der Waals surface area contributed by atoms with Gasteiger partial charge in [0.05, 0.1) is 10.3 Å². The minimum atomic E-state index is -3.23. The second-order valence-electron chi connectivity index (χ2n) is 11.4. The molecule has 3 fully saturated rings. The van der Waals surface area contributed by atoms with Gasteiger partial charge in [-0.3, -0.25) is 9.59 Å². The fourth-order valence-electron chi connectivity index (χ4n) is 6.63. The molecule has 0 radical (unpaired) electrons. The number of carbonyl (C=O) groups is 2. The van der Waals surface area contributed by atoms with Crippen LogP contribution in [0.5, 0.6) is 0 Å². The van der Waals surface area contributed by atoms with Crippen molar-refractivity contribution in [1.29, 1.82) is 0 Å². The molecule has 5 rings (SSSR count). The molecule has 3 saturated heterocycles. The number of likely N-dealkylation sites (tertiary alicyclic amines) is 3. The maximum atomic E-state index is 13.5. The maximum absolute atomic E-state index is 13.5. The van der Waals surface area contributed by atoms with Crippen molar-refractivity contribution in [2.24, 2.45) is 11.3 Å². The molecule has 0 aliphatic carbocycles. The highest BCUT2D eigenvalue weighted by molar-refractivity contribution is 7.90. The number of rotatable bonds is 7. The molecule has 204 valence electrons. The number of hydrogen-bond acceptors (Lipinski definition) is 5. The molecule has 2 amide bonds. The average molecular weight is 538 g/mol. The van der Waals surface area contributed by atoms with E-state index >= 15 is 0 Å². The van der Waals surface area contributed by atoms with Gasteiger partial charge in [0.15, 0.2) is 9.84 Å². The minimum absolute atomic E-state index is 0.230. The van der Waals surface area contributed by atoms with Crippen LogP contribution in [0.3, 0.4) is 0 Å².